The van der Waals surface area contributed by atoms with E-state index in [1.807, 2.05) is 39.0 Å². The van der Waals surface area contributed by atoms with E-state index in [0.29, 0.717) is 17.7 Å². The Kier molecular flexibility index (Phi) is 8.09. The van der Waals surface area contributed by atoms with Crippen molar-refractivity contribution in [1.29, 1.82) is 0 Å². The van der Waals surface area contributed by atoms with Gasteiger partial charge in [0.25, 0.3) is 5.56 Å². The quantitative estimate of drug-likeness (QED) is 0.428. The minimum Gasteiger partial charge on any atom is -0.465 e. The normalized spacial score (nSPS) is 12.7. The molecule has 0 aliphatic rings. The van der Waals surface area contributed by atoms with Crippen LogP contribution in [0.2, 0.25) is 0 Å². The van der Waals surface area contributed by atoms with Crippen LogP contribution in [0.5, 0.6) is 0 Å². The number of sulfonamides is 1. The first-order valence-electron chi connectivity index (χ1n) is 11.4. The number of benzene rings is 2. The fourth-order valence-corrected chi connectivity index (χ4v) is 4.48. The van der Waals surface area contributed by atoms with E-state index in [0.717, 1.165) is 17.4 Å². The zero-order valence-corrected chi connectivity index (χ0v) is 22.4. The number of anilines is 1. The van der Waals surface area contributed by atoms with Gasteiger partial charge in [0, 0.05) is 31.5 Å². The van der Waals surface area contributed by atoms with Gasteiger partial charge in [-0.2, -0.15) is 0 Å². The van der Waals surface area contributed by atoms with Crippen molar-refractivity contribution in [2.24, 2.45) is 0 Å². The Morgan fingerprint density at radius 3 is 2.35 bits per heavy atom. The number of aromatic nitrogens is 2. The van der Waals surface area contributed by atoms with Crippen LogP contribution >= 0.6 is 0 Å². The lowest BCUT2D eigenvalue weighted by Crippen LogP contribution is -2.28. The van der Waals surface area contributed by atoms with Crippen molar-refractivity contribution in [2.75, 3.05) is 25.2 Å². The summed E-state index contributed by atoms with van der Waals surface area (Å²) in [5.74, 6) is -0.641. The Balaban J connectivity index is 2.11. The van der Waals surface area contributed by atoms with Crippen molar-refractivity contribution in [2.45, 2.75) is 38.7 Å². The highest BCUT2D eigenvalue weighted by Crippen LogP contribution is 2.31. The van der Waals surface area contributed by atoms with Gasteiger partial charge in [-0.05, 0) is 46.4 Å². The lowest BCUT2D eigenvalue weighted by molar-refractivity contribution is 0.0584. The molecule has 0 radical (unpaired) electrons. The van der Waals surface area contributed by atoms with Gasteiger partial charge in [0.05, 0.1) is 30.7 Å². The van der Waals surface area contributed by atoms with Gasteiger partial charge in [-0.25, -0.2) is 18.0 Å². The molecule has 3 aromatic rings. The molecule has 1 atom stereocenters. The third-order valence-corrected chi connectivity index (χ3v) is 6.37. The molecule has 10 nitrogen and oxygen atoms in total. The predicted molar refractivity (Wildman–Crippen MR) is 141 cm³/mol. The maximum Gasteiger partial charge on any atom is 0.338 e. The summed E-state index contributed by atoms with van der Waals surface area (Å²) in [5, 5.41) is 0. The van der Waals surface area contributed by atoms with Gasteiger partial charge >= 0.3 is 11.7 Å². The molecule has 0 bridgehead atoms. The van der Waals surface area contributed by atoms with Gasteiger partial charge in [-0.3, -0.25) is 19.1 Å². The van der Waals surface area contributed by atoms with Gasteiger partial charge in [-0.1, -0.05) is 32.9 Å². The molecule has 0 amide bonds. The Morgan fingerprint density at radius 1 is 1.08 bits per heavy atom. The largest absolute Gasteiger partial charge is 0.465 e. The number of esters is 1. The molecule has 2 N–H and O–H groups in total. The van der Waals surface area contributed by atoms with E-state index in [4.69, 9.17) is 9.47 Å². The van der Waals surface area contributed by atoms with Crippen LogP contribution in [0, 0.1) is 0 Å². The molecule has 1 aromatic heterocycles. The van der Waals surface area contributed by atoms with E-state index in [2.05, 4.69) is 9.71 Å². The van der Waals surface area contributed by atoms with Crippen molar-refractivity contribution in [3.8, 4) is 5.69 Å². The van der Waals surface area contributed by atoms with Crippen LogP contribution in [0.4, 0.5) is 5.69 Å². The number of carbonyl (C=O) groups is 1. The molecule has 0 aliphatic heterocycles. The maximum atomic E-state index is 12.6. The van der Waals surface area contributed by atoms with E-state index in [1.165, 1.54) is 37.1 Å². The number of nitrogens with one attached hydrogen (secondary N) is 2. The Bertz CT molecular complexity index is 1530. The highest BCUT2D eigenvalue weighted by Gasteiger charge is 2.23. The summed E-state index contributed by atoms with van der Waals surface area (Å²) in [6, 6.07) is 11.6. The highest BCUT2D eigenvalue weighted by molar-refractivity contribution is 7.92. The van der Waals surface area contributed by atoms with Crippen LogP contribution in [0.1, 0.15) is 53.9 Å². The summed E-state index contributed by atoms with van der Waals surface area (Å²) in [7, 11) is -0.802. The molecule has 1 heterocycles. The second-order valence-corrected chi connectivity index (χ2v) is 11.5. The Morgan fingerprint density at radius 2 is 1.78 bits per heavy atom. The van der Waals surface area contributed by atoms with Gasteiger partial charge in [0.15, 0.2) is 0 Å². The van der Waals surface area contributed by atoms with Crippen molar-refractivity contribution in [1.82, 2.24) is 9.55 Å². The lowest BCUT2D eigenvalue weighted by Gasteiger charge is -2.24. The number of nitrogens with zero attached hydrogens (tertiary/aromatic N) is 1. The van der Waals surface area contributed by atoms with Crippen LogP contribution in [0.25, 0.3) is 5.69 Å². The van der Waals surface area contributed by atoms with Crippen LogP contribution < -0.4 is 16.0 Å². The van der Waals surface area contributed by atoms with Gasteiger partial charge in [-0.15, -0.1) is 0 Å². The first-order valence-corrected chi connectivity index (χ1v) is 13.3. The molecule has 1 unspecified atom stereocenters. The zero-order chi connectivity index (χ0) is 27.5. The first kappa shape index (κ1) is 27.9. The van der Waals surface area contributed by atoms with Crippen molar-refractivity contribution < 1.29 is 22.7 Å². The maximum absolute atomic E-state index is 12.6. The number of aromatic amines is 1. The van der Waals surface area contributed by atoms with Crippen molar-refractivity contribution in [3.05, 3.63) is 91.8 Å². The average Bonchev–Trinajstić information content (AvgIpc) is 2.80. The molecule has 2 aromatic carbocycles. The van der Waals surface area contributed by atoms with Crippen molar-refractivity contribution >= 4 is 21.7 Å². The lowest BCUT2D eigenvalue weighted by atomic mass is 9.84. The van der Waals surface area contributed by atoms with Crippen molar-refractivity contribution in [3.63, 3.8) is 0 Å². The molecule has 0 saturated carbocycles. The summed E-state index contributed by atoms with van der Waals surface area (Å²) in [6.07, 6.45) is 2.17. The molecule has 198 valence electrons. The fourth-order valence-electron chi connectivity index (χ4n) is 3.92. The van der Waals surface area contributed by atoms with E-state index < -0.39 is 33.3 Å². The second kappa shape index (κ2) is 10.7. The monoisotopic (exact) mass is 529 g/mol. The molecule has 37 heavy (non-hydrogen) atoms. The van der Waals surface area contributed by atoms with E-state index >= 15 is 0 Å². The minimum absolute atomic E-state index is 0.159. The zero-order valence-electron chi connectivity index (χ0n) is 21.6. The highest BCUT2D eigenvalue weighted by atomic mass is 32.2. The molecule has 0 saturated heterocycles. The molecular formula is C26H31N3O7S. The number of ether oxygens (including phenoxy) is 2. The molecule has 0 fully saturated rings. The van der Waals surface area contributed by atoms with Crippen LogP contribution in [-0.4, -0.2) is 44.4 Å². The third-order valence-electron chi connectivity index (χ3n) is 5.76. The van der Waals surface area contributed by atoms with Gasteiger partial charge in [0.2, 0.25) is 10.0 Å². The van der Waals surface area contributed by atoms with Gasteiger partial charge in [0.1, 0.15) is 0 Å². The number of H-pyrrole nitrogens is 1. The molecule has 0 spiro atoms. The fraction of sp³-hybridized carbons (Fsp3) is 0.346. The van der Waals surface area contributed by atoms with Crippen LogP contribution in [0.15, 0.2) is 58.3 Å². The van der Waals surface area contributed by atoms with E-state index in [-0.39, 0.29) is 16.7 Å². The number of methoxy groups -OCH3 is 2. The summed E-state index contributed by atoms with van der Waals surface area (Å²) in [4.78, 5) is 38.9. The number of hydrogen-bond acceptors (Lipinski definition) is 7. The summed E-state index contributed by atoms with van der Waals surface area (Å²) >= 11 is 0. The van der Waals surface area contributed by atoms with Crippen LogP contribution in [0.3, 0.4) is 0 Å². The first-order chi connectivity index (χ1) is 17.2. The third kappa shape index (κ3) is 6.95. The van der Waals surface area contributed by atoms with E-state index in [1.54, 1.807) is 12.1 Å². The summed E-state index contributed by atoms with van der Waals surface area (Å²) < 4.78 is 37.8. The topological polar surface area (TPSA) is 137 Å². The smallest absolute Gasteiger partial charge is 0.338 e. The number of rotatable bonds is 8. The molecular weight excluding hydrogens is 498 g/mol. The minimum atomic E-state index is -3.55. The number of hydrogen-bond donors (Lipinski definition) is 2. The summed E-state index contributed by atoms with van der Waals surface area (Å²) in [5.41, 5.74) is 1.93. The average molecular weight is 530 g/mol. The van der Waals surface area contributed by atoms with Crippen LogP contribution in [-0.2, 0) is 31.3 Å². The SMILES string of the molecule is COC(=O)c1cc(NS(C)(=O)=O)ccc1C(Cc1cc(-n2ccc(=O)[nH]c2=O)cc(C(C)(C)C)c1)OC. The molecule has 3 rings (SSSR count). The molecule has 0 aliphatic carbocycles. The number of carbonyl (C=O) groups excluding carboxylic acids is 1. The predicted octanol–water partition coefficient (Wildman–Crippen LogP) is 2.91. The van der Waals surface area contributed by atoms with Gasteiger partial charge < -0.3 is 9.47 Å². The standard InChI is InChI=1S/C26H31N3O7S/c1-26(2,3)17-11-16(12-19(14-17)29-10-9-23(30)27-25(29)32)13-22(35-4)20-8-7-18(28-37(6,33)34)15-21(20)24(31)36-5/h7-12,14-15,22,28H,13H2,1-6H3,(H,27,30,32). The Hall–Kier alpha value is -3.70. The molecule has 11 heteroatoms. The Labute approximate surface area is 215 Å². The van der Waals surface area contributed by atoms with E-state index in [9.17, 15) is 22.8 Å². The second-order valence-electron chi connectivity index (χ2n) is 9.71. The summed E-state index contributed by atoms with van der Waals surface area (Å²) in [6.45, 7) is 6.13.